The van der Waals surface area contributed by atoms with Crippen molar-refractivity contribution in [1.29, 1.82) is 0 Å². The molecule has 1 nitrogen and oxygen atoms in total. The fraction of sp³-hybridized carbons (Fsp3) is 0. The minimum Gasteiger partial charge on any atom is -0.456 e. The quantitative estimate of drug-likeness (QED) is 0.191. The van der Waals surface area contributed by atoms with E-state index in [1.54, 1.807) is 0 Å². The molecule has 0 amide bonds. The van der Waals surface area contributed by atoms with E-state index in [1.807, 2.05) is 6.07 Å². The van der Waals surface area contributed by atoms with Gasteiger partial charge in [-0.1, -0.05) is 146 Å². The summed E-state index contributed by atoms with van der Waals surface area (Å²) in [6.45, 7) is 0. The van der Waals surface area contributed by atoms with E-state index in [4.69, 9.17) is 4.42 Å². The van der Waals surface area contributed by atoms with E-state index < -0.39 is 0 Å². The maximum atomic E-state index is 6.41. The normalized spacial score (nSPS) is 11.6. The highest BCUT2D eigenvalue weighted by Crippen LogP contribution is 2.48. The second-order valence-corrected chi connectivity index (χ2v) is 11.6. The molecule has 1 heterocycles. The molecule has 0 aliphatic carbocycles. The summed E-state index contributed by atoms with van der Waals surface area (Å²) >= 11 is 0. The van der Waals surface area contributed by atoms with Crippen LogP contribution in [-0.4, -0.2) is 0 Å². The molecule has 210 valence electrons. The smallest absolute Gasteiger partial charge is 0.136 e. The lowest BCUT2D eigenvalue weighted by molar-refractivity contribution is 0.669. The van der Waals surface area contributed by atoms with E-state index in [1.165, 1.54) is 60.5 Å². The Morgan fingerprint density at radius 3 is 1.44 bits per heavy atom. The van der Waals surface area contributed by atoms with E-state index in [0.29, 0.717) is 0 Å². The van der Waals surface area contributed by atoms with Crippen molar-refractivity contribution in [3.8, 4) is 44.5 Å². The maximum absolute atomic E-state index is 6.41. The Kier molecular flexibility index (Phi) is 5.89. The molecule has 8 aromatic carbocycles. The highest BCUT2D eigenvalue weighted by atomic mass is 16.3. The molecule has 0 unspecified atom stereocenters. The molecule has 0 aliphatic rings. The van der Waals surface area contributed by atoms with Crippen LogP contribution in [0.25, 0.3) is 88.0 Å². The van der Waals surface area contributed by atoms with E-state index >= 15 is 0 Å². The van der Waals surface area contributed by atoms with Crippen LogP contribution in [0.3, 0.4) is 0 Å². The number of hydrogen-bond acceptors (Lipinski definition) is 1. The summed E-state index contributed by atoms with van der Waals surface area (Å²) in [6.07, 6.45) is 0. The number of furan rings is 1. The Morgan fingerprint density at radius 1 is 0.267 bits per heavy atom. The number of para-hydroxylation sites is 1. The van der Waals surface area contributed by atoms with E-state index in [0.717, 1.165) is 27.5 Å². The molecule has 0 fully saturated rings. The number of hydrogen-bond donors (Lipinski definition) is 0. The lowest BCUT2D eigenvalue weighted by Crippen LogP contribution is -1.93. The molecule has 0 bridgehead atoms. The average Bonchev–Trinajstić information content (AvgIpc) is 3.48. The Morgan fingerprint density at radius 2 is 0.778 bits per heavy atom. The van der Waals surface area contributed by atoms with Gasteiger partial charge in [0.15, 0.2) is 0 Å². The maximum Gasteiger partial charge on any atom is 0.136 e. The van der Waals surface area contributed by atoms with E-state index in [-0.39, 0.29) is 0 Å². The largest absolute Gasteiger partial charge is 0.456 e. The van der Waals surface area contributed by atoms with E-state index in [2.05, 4.69) is 164 Å². The zero-order valence-electron chi connectivity index (χ0n) is 24.6. The summed E-state index contributed by atoms with van der Waals surface area (Å²) in [5, 5.41) is 7.23. The van der Waals surface area contributed by atoms with Gasteiger partial charge in [-0.25, -0.2) is 0 Å². The van der Waals surface area contributed by atoms with Crippen molar-refractivity contribution < 1.29 is 4.42 Å². The van der Waals surface area contributed by atoms with Gasteiger partial charge < -0.3 is 4.42 Å². The fourth-order valence-electron chi connectivity index (χ4n) is 7.05. The molecular formula is C44H28O. The highest BCUT2D eigenvalue weighted by Gasteiger charge is 2.21. The third-order valence-corrected chi connectivity index (χ3v) is 9.06. The first-order valence-electron chi connectivity index (χ1n) is 15.4. The lowest BCUT2D eigenvalue weighted by Gasteiger charge is -2.20. The van der Waals surface area contributed by atoms with Crippen molar-refractivity contribution in [2.24, 2.45) is 0 Å². The first kappa shape index (κ1) is 25.6. The standard InChI is InChI=1S/C44H28O/c1-3-14-29(15-4-1)31-18-13-19-32(26-31)43-34-21-7-9-23-36(34)44(37-24-10-8-22-35(37)43)40-27-39-33-20-11-12-25-41(33)45-42(39)28-38(40)30-16-5-2-6-17-30/h1-28H. The lowest BCUT2D eigenvalue weighted by atomic mass is 9.83. The molecule has 0 saturated carbocycles. The summed E-state index contributed by atoms with van der Waals surface area (Å²) in [4.78, 5) is 0. The molecule has 0 aliphatic heterocycles. The van der Waals surface area contributed by atoms with Gasteiger partial charge in [-0.3, -0.25) is 0 Å². The van der Waals surface area contributed by atoms with Crippen LogP contribution in [0.2, 0.25) is 0 Å². The predicted octanol–water partition coefficient (Wildman–Crippen LogP) is 12.6. The van der Waals surface area contributed by atoms with Crippen molar-refractivity contribution >= 4 is 43.5 Å². The SMILES string of the molecule is c1ccc(-c2cccc(-c3c4ccccc4c(-c4cc5c(cc4-c4ccccc4)oc4ccccc45)c4ccccc34)c2)cc1. The Balaban J connectivity index is 1.40. The first-order valence-corrected chi connectivity index (χ1v) is 15.4. The van der Waals surface area contributed by atoms with Crippen molar-refractivity contribution in [2.75, 3.05) is 0 Å². The van der Waals surface area contributed by atoms with Crippen LogP contribution in [0.5, 0.6) is 0 Å². The zero-order valence-corrected chi connectivity index (χ0v) is 24.6. The third-order valence-electron chi connectivity index (χ3n) is 9.06. The summed E-state index contributed by atoms with van der Waals surface area (Å²) in [6, 6.07) is 61.0. The molecule has 0 atom stereocenters. The average molecular weight is 573 g/mol. The van der Waals surface area contributed by atoms with Gasteiger partial charge in [0.2, 0.25) is 0 Å². The highest BCUT2D eigenvalue weighted by molar-refractivity contribution is 6.23. The molecule has 1 heteroatoms. The van der Waals surface area contributed by atoms with Crippen molar-refractivity contribution in [2.45, 2.75) is 0 Å². The van der Waals surface area contributed by atoms with Crippen LogP contribution >= 0.6 is 0 Å². The second kappa shape index (κ2) is 10.4. The monoisotopic (exact) mass is 572 g/mol. The predicted molar refractivity (Wildman–Crippen MR) is 190 cm³/mol. The van der Waals surface area contributed by atoms with Crippen LogP contribution in [0.4, 0.5) is 0 Å². The first-order chi connectivity index (χ1) is 22.3. The van der Waals surface area contributed by atoms with Crippen LogP contribution < -0.4 is 0 Å². The zero-order chi connectivity index (χ0) is 29.7. The molecule has 0 N–H and O–H groups in total. The summed E-state index contributed by atoms with van der Waals surface area (Å²) in [5.41, 5.74) is 11.5. The van der Waals surface area contributed by atoms with Crippen molar-refractivity contribution in [3.05, 3.63) is 170 Å². The van der Waals surface area contributed by atoms with Gasteiger partial charge in [-0.05, 0) is 90.3 Å². The van der Waals surface area contributed by atoms with Gasteiger partial charge in [0, 0.05) is 10.8 Å². The van der Waals surface area contributed by atoms with Gasteiger partial charge >= 0.3 is 0 Å². The van der Waals surface area contributed by atoms with Crippen LogP contribution in [0.15, 0.2) is 174 Å². The Labute approximate surface area is 261 Å². The molecule has 0 saturated heterocycles. The van der Waals surface area contributed by atoms with Crippen molar-refractivity contribution in [3.63, 3.8) is 0 Å². The topological polar surface area (TPSA) is 13.1 Å². The van der Waals surface area contributed by atoms with Crippen LogP contribution in [0, 0.1) is 0 Å². The van der Waals surface area contributed by atoms with E-state index in [9.17, 15) is 0 Å². The number of benzene rings is 8. The van der Waals surface area contributed by atoms with Gasteiger partial charge in [0.1, 0.15) is 11.2 Å². The van der Waals surface area contributed by atoms with Gasteiger partial charge in [-0.15, -0.1) is 0 Å². The molecule has 0 spiro atoms. The summed E-state index contributed by atoms with van der Waals surface area (Å²) in [7, 11) is 0. The molecule has 45 heavy (non-hydrogen) atoms. The number of fused-ring (bicyclic) bond motifs is 5. The van der Waals surface area contributed by atoms with Gasteiger partial charge in [0.05, 0.1) is 0 Å². The molecule has 0 radical (unpaired) electrons. The minimum absolute atomic E-state index is 0.904. The Hall–Kier alpha value is -5.92. The minimum atomic E-state index is 0.904. The molecule has 9 rings (SSSR count). The van der Waals surface area contributed by atoms with Crippen LogP contribution in [-0.2, 0) is 0 Å². The fourth-order valence-corrected chi connectivity index (χ4v) is 7.05. The number of rotatable bonds is 4. The second-order valence-electron chi connectivity index (χ2n) is 11.6. The van der Waals surface area contributed by atoms with Gasteiger partial charge in [0.25, 0.3) is 0 Å². The van der Waals surface area contributed by atoms with Crippen LogP contribution in [0.1, 0.15) is 0 Å². The molecule has 9 aromatic rings. The van der Waals surface area contributed by atoms with Gasteiger partial charge in [-0.2, -0.15) is 0 Å². The third kappa shape index (κ3) is 4.17. The summed E-state index contributed by atoms with van der Waals surface area (Å²) < 4.78 is 6.41. The Bertz CT molecular complexity index is 2460. The summed E-state index contributed by atoms with van der Waals surface area (Å²) in [5.74, 6) is 0. The molecular weight excluding hydrogens is 544 g/mol. The van der Waals surface area contributed by atoms with Crippen molar-refractivity contribution in [1.82, 2.24) is 0 Å². The molecule has 1 aromatic heterocycles.